The number of carbonyl (C=O) groups excluding carboxylic acids is 3. The Morgan fingerprint density at radius 3 is 1.94 bits per heavy atom. The van der Waals surface area contributed by atoms with Crippen LogP contribution < -0.4 is 21.7 Å². The number of aromatic hydroxyl groups is 1. The fourth-order valence-corrected chi connectivity index (χ4v) is 3.34. The molecule has 5 unspecified atom stereocenters. The van der Waals surface area contributed by atoms with Crippen molar-refractivity contribution in [3.8, 4) is 5.75 Å². The number of aliphatic hydroxyl groups excluding tert-OH is 1. The topological polar surface area (TPSA) is 191 Å². The van der Waals surface area contributed by atoms with E-state index in [1.165, 1.54) is 26.0 Å². The number of aliphatic hydroxyl groups is 1. The van der Waals surface area contributed by atoms with E-state index in [2.05, 4.69) is 16.0 Å². The monoisotopic (exact) mass is 500 g/mol. The van der Waals surface area contributed by atoms with Crippen molar-refractivity contribution in [3.05, 3.63) is 65.7 Å². The van der Waals surface area contributed by atoms with Gasteiger partial charge in [-0.15, -0.1) is 0 Å². The van der Waals surface area contributed by atoms with Crippen LogP contribution in [-0.4, -0.2) is 69.3 Å². The molecule has 194 valence electrons. The SMILES string of the molecule is CC(NC(=O)C(NC(=O)C(Cc1ccccc1)NC(=O)C(N)Cc1ccc(O)cc1)C(C)O)C(=O)O. The molecule has 36 heavy (non-hydrogen) atoms. The van der Waals surface area contributed by atoms with E-state index in [9.17, 15) is 29.4 Å². The number of aliphatic carboxylic acids is 1. The molecule has 11 heteroatoms. The molecule has 0 saturated heterocycles. The molecule has 0 spiro atoms. The molecule has 0 saturated carbocycles. The number of hydrogen-bond donors (Lipinski definition) is 7. The molecule has 0 heterocycles. The Morgan fingerprint density at radius 2 is 1.39 bits per heavy atom. The van der Waals surface area contributed by atoms with E-state index in [0.717, 1.165) is 5.56 Å². The molecule has 3 amide bonds. The molecule has 2 rings (SSSR count). The Balaban J connectivity index is 2.17. The van der Waals surface area contributed by atoms with Gasteiger partial charge in [-0.2, -0.15) is 0 Å². The van der Waals surface area contributed by atoms with Crippen molar-refractivity contribution in [1.29, 1.82) is 0 Å². The van der Waals surface area contributed by atoms with E-state index < -0.39 is 54.0 Å². The number of hydrogen-bond acceptors (Lipinski definition) is 7. The third kappa shape index (κ3) is 8.67. The van der Waals surface area contributed by atoms with Crippen LogP contribution >= 0.6 is 0 Å². The number of benzene rings is 2. The van der Waals surface area contributed by atoms with Crippen LogP contribution in [0.5, 0.6) is 5.75 Å². The maximum absolute atomic E-state index is 13.1. The van der Waals surface area contributed by atoms with Crippen molar-refractivity contribution < 1.29 is 34.5 Å². The Hall–Kier alpha value is -3.96. The quantitative estimate of drug-likeness (QED) is 0.202. The van der Waals surface area contributed by atoms with E-state index >= 15 is 0 Å². The Labute approximate surface area is 208 Å². The van der Waals surface area contributed by atoms with E-state index in [1.807, 2.05) is 0 Å². The van der Waals surface area contributed by atoms with Crippen molar-refractivity contribution >= 4 is 23.7 Å². The van der Waals surface area contributed by atoms with Gasteiger partial charge in [0.15, 0.2) is 0 Å². The number of rotatable bonds is 12. The lowest BCUT2D eigenvalue weighted by atomic mass is 10.0. The van der Waals surface area contributed by atoms with Gasteiger partial charge in [0, 0.05) is 6.42 Å². The van der Waals surface area contributed by atoms with E-state index in [0.29, 0.717) is 5.56 Å². The highest BCUT2D eigenvalue weighted by Gasteiger charge is 2.32. The number of carbonyl (C=O) groups is 4. The highest BCUT2D eigenvalue weighted by atomic mass is 16.4. The highest BCUT2D eigenvalue weighted by Crippen LogP contribution is 2.11. The molecule has 2 aromatic rings. The first-order chi connectivity index (χ1) is 17.0. The minimum atomic E-state index is -1.46. The maximum Gasteiger partial charge on any atom is 0.325 e. The van der Waals surface area contributed by atoms with Gasteiger partial charge in [-0.3, -0.25) is 19.2 Å². The fourth-order valence-electron chi connectivity index (χ4n) is 3.34. The number of phenols is 1. The summed E-state index contributed by atoms with van der Waals surface area (Å²) in [5, 5.41) is 35.7. The lowest BCUT2D eigenvalue weighted by Gasteiger charge is -2.26. The van der Waals surface area contributed by atoms with Crippen molar-refractivity contribution in [2.45, 2.75) is 57.0 Å². The van der Waals surface area contributed by atoms with Crippen molar-refractivity contribution in [1.82, 2.24) is 16.0 Å². The normalized spacial score (nSPS) is 15.0. The maximum atomic E-state index is 13.1. The molecule has 0 bridgehead atoms. The van der Waals surface area contributed by atoms with Gasteiger partial charge in [0.05, 0.1) is 12.1 Å². The van der Waals surface area contributed by atoms with Gasteiger partial charge in [0.2, 0.25) is 17.7 Å². The molecular weight excluding hydrogens is 468 g/mol. The number of carboxylic acids is 1. The van der Waals surface area contributed by atoms with Crippen LogP contribution in [0.3, 0.4) is 0 Å². The van der Waals surface area contributed by atoms with Crippen LogP contribution in [0.15, 0.2) is 54.6 Å². The third-order valence-corrected chi connectivity index (χ3v) is 5.44. The van der Waals surface area contributed by atoms with Gasteiger partial charge in [-0.1, -0.05) is 42.5 Å². The van der Waals surface area contributed by atoms with E-state index in [1.54, 1.807) is 42.5 Å². The number of nitrogens with two attached hydrogens (primary N) is 1. The lowest BCUT2D eigenvalue weighted by Crippen LogP contribution is -2.60. The summed E-state index contributed by atoms with van der Waals surface area (Å²) in [6.45, 7) is 2.52. The highest BCUT2D eigenvalue weighted by molar-refractivity contribution is 5.94. The smallest absolute Gasteiger partial charge is 0.325 e. The Morgan fingerprint density at radius 1 is 0.806 bits per heavy atom. The van der Waals surface area contributed by atoms with Crippen molar-refractivity contribution in [2.75, 3.05) is 0 Å². The third-order valence-electron chi connectivity index (χ3n) is 5.44. The zero-order chi connectivity index (χ0) is 26.8. The minimum Gasteiger partial charge on any atom is -0.508 e. The second-order valence-electron chi connectivity index (χ2n) is 8.52. The average molecular weight is 501 g/mol. The van der Waals surface area contributed by atoms with Crippen LogP contribution in [0, 0.1) is 0 Å². The van der Waals surface area contributed by atoms with Gasteiger partial charge in [0.25, 0.3) is 0 Å². The zero-order valence-electron chi connectivity index (χ0n) is 20.0. The van der Waals surface area contributed by atoms with Gasteiger partial charge in [-0.05, 0) is 43.5 Å². The second-order valence-corrected chi connectivity index (χ2v) is 8.52. The average Bonchev–Trinajstić information content (AvgIpc) is 2.83. The summed E-state index contributed by atoms with van der Waals surface area (Å²) in [4.78, 5) is 49.5. The predicted octanol–water partition coefficient (Wildman–Crippen LogP) is -0.556. The fraction of sp³-hybridized carbons (Fsp3) is 0.360. The predicted molar refractivity (Wildman–Crippen MR) is 131 cm³/mol. The molecule has 8 N–H and O–H groups in total. The second kappa shape index (κ2) is 13.2. The summed E-state index contributed by atoms with van der Waals surface area (Å²) < 4.78 is 0. The van der Waals surface area contributed by atoms with Gasteiger partial charge < -0.3 is 37.0 Å². The van der Waals surface area contributed by atoms with Gasteiger partial charge in [-0.25, -0.2) is 0 Å². The largest absolute Gasteiger partial charge is 0.508 e. The summed E-state index contributed by atoms with van der Waals surface area (Å²) in [5.74, 6) is -3.46. The Bertz CT molecular complexity index is 1040. The van der Waals surface area contributed by atoms with Crippen molar-refractivity contribution in [3.63, 3.8) is 0 Å². The standard InChI is InChI=1S/C25H32N4O7/c1-14(25(35)36)27-24(34)21(15(2)30)29-23(33)20(13-16-6-4-3-5-7-16)28-22(32)19(26)12-17-8-10-18(31)11-9-17/h3-11,14-15,19-21,30-31H,12-13,26H2,1-2H3,(H,27,34)(H,28,32)(H,29,33)(H,35,36). The molecule has 5 atom stereocenters. The Kier molecular flexibility index (Phi) is 10.4. The molecule has 0 aromatic heterocycles. The first-order valence-electron chi connectivity index (χ1n) is 11.4. The molecule has 11 nitrogen and oxygen atoms in total. The summed E-state index contributed by atoms with van der Waals surface area (Å²) in [5.41, 5.74) is 7.48. The lowest BCUT2D eigenvalue weighted by molar-refractivity contribution is -0.142. The summed E-state index contributed by atoms with van der Waals surface area (Å²) in [6.07, 6.45) is -1.12. The molecule has 0 radical (unpaired) electrons. The summed E-state index contributed by atoms with van der Waals surface area (Å²) in [6, 6.07) is 10.2. The zero-order valence-corrected chi connectivity index (χ0v) is 20.0. The van der Waals surface area contributed by atoms with Gasteiger partial charge >= 0.3 is 5.97 Å². The van der Waals surface area contributed by atoms with Crippen LogP contribution in [0.25, 0.3) is 0 Å². The number of nitrogens with one attached hydrogen (secondary N) is 3. The molecule has 0 fully saturated rings. The molecule has 0 aliphatic carbocycles. The van der Waals surface area contributed by atoms with Crippen LogP contribution in [0.4, 0.5) is 0 Å². The van der Waals surface area contributed by atoms with Gasteiger partial charge in [0.1, 0.15) is 23.9 Å². The molecule has 2 aromatic carbocycles. The van der Waals surface area contributed by atoms with Crippen LogP contribution in [0.1, 0.15) is 25.0 Å². The number of amides is 3. The first kappa shape index (κ1) is 28.3. The number of carboxylic acid groups (broad SMARTS) is 1. The van der Waals surface area contributed by atoms with E-state index in [4.69, 9.17) is 10.8 Å². The number of phenolic OH excluding ortho intramolecular Hbond substituents is 1. The van der Waals surface area contributed by atoms with Crippen molar-refractivity contribution in [2.24, 2.45) is 5.73 Å². The summed E-state index contributed by atoms with van der Waals surface area (Å²) in [7, 11) is 0. The van der Waals surface area contributed by atoms with Crippen LogP contribution in [0.2, 0.25) is 0 Å². The summed E-state index contributed by atoms with van der Waals surface area (Å²) >= 11 is 0. The molecule has 0 aliphatic rings. The minimum absolute atomic E-state index is 0.0734. The molecule has 0 aliphatic heterocycles. The van der Waals surface area contributed by atoms with Crippen LogP contribution in [-0.2, 0) is 32.0 Å². The first-order valence-corrected chi connectivity index (χ1v) is 11.4. The van der Waals surface area contributed by atoms with E-state index in [-0.39, 0.29) is 18.6 Å². The molecular formula is C25H32N4O7.